The van der Waals surface area contributed by atoms with Crippen LogP contribution in [0.5, 0.6) is 0 Å². The summed E-state index contributed by atoms with van der Waals surface area (Å²) in [6.45, 7) is 4.09. The fraction of sp³-hybridized carbons (Fsp3) is 0.286. The van der Waals surface area contributed by atoms with Crippen molar-refractivity contribution in [1.82, 2.24) is 9.80 Å². The number of thiophene rings is 1. The number of carbonyl (C=O) groups is 2. The van der Waals surface area contributed by atoms with E-state index in [0.29, 0.717) is 32.7 Å². The first-order valence-electron chi connectivity index (χ1n) is 11.4. The van der Waals surface area contributed by atoms with Gasteiger partial charge >= 0.3 is 0 Å². The van der Waals surface area contributed by atoms with Crippen LogP contribution in [0.4, 0.5) is 0 Å². The number of hydrogen-bond acceptors (Lipinski definition) is 4. The molecule has 6 heteroatoms. The van der Waals surface area contributed by atoms with Crippen molar-refractivity contribution in [1.29, 1.82) is 0 Å². The van der Waals surface area contributed by atoms with Crippen molar-refractivity contribution in [3.63, 3.8) is 0 Å². The normalized spacial score (nSPS) is 11.0. The quantitative estimate of drug-likeness (QED) is 0.268. The van der Waals surface area contributed by atoms with Crippen LogP contribution < -0.4 is 0 Å². The molecule has 1 aromatic heterocycles. The van der Waals surface area contributed by atoms with Gasteiger partial charge in [0.1, 0.15) is 6.54 Å². The largest absolute Gasteiger partial charge is 0.385 e. The number of aryl methyl sites for hydroxylation is 1. The third-order valence-electron chi connectivity index (χ3n) is 5.50. The molecule has 0 atom stereocenters. The van der Waals surface area contributed by atoms with Crippen LogP contribution in [0.3, 0.4) is 0 Å². The highest BCUT2D eigenvalue weighted by Crippen LogP contribution is 2.20. The molecule has 0 aliphatic heterocycles. The van der Waals surface area contributed by atoms with Crippen molar-refractivity contribution in [2.75, 3.05) is 26.8 Å². The fourth-order valence-electron chi connectivity index (χ4n) is 3.54. The van der Waals surface area contributed by atoms with Gasteiger partial charge in [-0.3, -0.25) is 9.59 Å². The van der Waals surface area contributed by atoms with E-state index in [4.69, 9.17) is 4.74 Å². The van der Waals surface area contributed by atoms with Gasteiger partial charge in [-0.25, -0.2) is 0 Å². The van der Waals surface area contributed by atoms with E-state index in [0.717, 1.165) is 16.0 Å². The predicted molar refractivity (Wildman–Crippen MR) is 138 cm³/mol. The van der Waals surface area contributed by atoms with Gasteiger partial charge in [-0.2, -0.15) is 0 Å². The van der Waals surface area contributed by atoms with Gasteiger partial charge in [0.25, 0.3) is 0 Å². The highest BCUT2D eigenvalue weighted by molar-refractivity contribution is 7.10. The molecule has 0 aliphatic carbocycles. The van der Waals surface area contributed by atoms with Crippen LogP contribution in [0.2, 0.25) is 0 Å². The molecule has 2 amide bonds. The summed E-state index contributed by atoms with van der Waals surface area (Å²) >= 11 is 1.65. The number of nitrogens with zero attached hydrogens (tertiary/aromatic N) is 2. The van der Waals surface area contributed by atoms with Crippen LogP contribution in [0.1, 0.15) is 28.0 Å². The number of rotatable bonds is 12. The van der Waals surface area contributed by atoms with Gasteiger partial charge in [-0.15, -0.1) is 11.3 Å². The Balaban J connectivity index is 1.75. The van der Waals surface area contributed by atoms with Crippen molar-refractivity contribution in [3.8, 4) is 0 Å². The molecule has 178 valence electrons. The number of carbonyl (C=O) groups excluding carboxylic acids is 2. The molecule has 3 aromatic rings. The van der Waals surface area contributed by atoms with Gasteiger partial charge in [-0.05, 0) is 47.6 Å². The molecule has 0 bridgehead atoms. The molecule has 2 aromatic carbocycles. The van der Waals surface area contributed by atoms with E-state index in [-0.39, 0.29) is 18.4 Å². The molecule has 0 radical (unpaired) electrons. The van der Waals surface area contributed by atoms with Gasteiger partial charge in [0, 0.05) is 37.8 Å². The third-order valence-corrected chi connectivity index (χ3v) is 6.51. The molecule has 0 saturated carbocycles. The Morgan fingerprint density at radius 1 is 0.941 bits per heavy atom. The average molecular weight is 477 g/mol. The second kappa shape index (κ2) is 13.5. The Kier molecular flexibility index (Phi) is 10.1. The minimum Gasteiger partial charge on any atom is -0.385 e. The average Bonchev–Trinajstić information content (AvgIpc) is 3.27. The molecule has 0 N–H and O–H groups in total. The molecule has 0 aliphatic rings. The lowest BCUT2D eigenvalue weighted by Gasteiger charge is -2.27. The summed E-state index contributed by atoms with van der Waals surface area (Å²) in [6.07, 6.45) is 3.99. The number of hydrogen-bond donors (Lipinski definition) is 0. The third kappa shape index (κ3) is 7.97. The second-order valence-electron chi connectivity index (χ2n) is 8.11. The number of amides is 2. The molecular formula is C28H32N2O3S. The zero-order valence-electron chi connectivity index (χ0n) is 19.9. The summed E-state index contributed by atoms with van der Waals surface area (Å²) < 4.78 is 5.17. The number of methoxy groups -OCH3 is 1. The second-order valence-corrected chi connectivity index (χ2v) is 9.11. The van der Waals surface area contributed by atoms with Crippen LogP contribution in [0.15, 0.2) is 78.2 Å². The molecule has 1 heterocycles. The van der Waals surface area contributed by atoms with Gasteiger partial charge < -0.3 is 14.5 Å². The molecule has 34 heavy (non-hydrogen) atoms. The fourth-order valence-corrected chi connectivity index (χ4v) is 4.46. The summed E-state index contributed by atoms with van der Waals surface area (Å²) in [5.41, 5.74) is 3.18. The maximum atomic E-state index is 13.5. The summed E-state index contributed by atoms with van der Waals surface area (Å²) in [4.78, 5) is 31.1. The Bertz CT molecular complexity index is 1060. The lowest BCUT2D eigenvalue weighted by Crippen LogP contribution is -2.42. The Morgan fingerprint density at radius 3 is 2.29 bits per heavy atom. The first kappa shape index (κ1) is 25.4. The van der Waals surface area contributed by atoms with Gasteiger partial charge in [0.2, 0.25) is 11.8 Å². The van der Waals surface area contributed by atoms with Gasteiger partial charge in [0.15, 0.2) is 0 Å². The van der Waals surface area contributed by atoms with Crippen molar-refractivity contribution in [2.45, 2.75) is 26.4 Å². The molecule has 0 unspecified atom stereocenters. The number of ether oxygens (including phenoxy) is 1. The standard InChI is InChI=1S/C28H32N2O3S/c1-23-16-19-34-26(23)21-30(20-25-12-7-4-8-13-25)28(32)22-29(17-9-18-33-2)27(31)15-14-24-10-5-3-6-11-24/h3-8,10-16,19H,9,17-18,20-22H2,1-2H3. The molecule has 0 saturated heterocycles. The SMILES string of the molecule is COCCCN(CC(=O)N(Cc1ccccc1)Cc1sccc1C)C(=O)C=Cc1ccccc1. The topological polar surface area (TPSA) is 49.9 Å². The van der Waals surface area contributed by atoms with Gasteiger partial charge in [-0.1, -0.05) is 60.7 Å². The van der Waals surface area contributed by atoms with Crippen LogP contribution in [-0.4, -0.2) is 48.4 Å². The van der Waals surface area contributed by atoms with E-state index >= 15 is 0 Å². The van der Waals surface area contributed by atoms with E-state index in [1.165, 1.54) is 5.56 Å². The maximum Gasteiger partial charge on any atom is 0.247 e. The molecule has 3 rings (SSSR count). The van der Waals surface area contributed by atoms with Crippen molar-refractivity contribution >= 4 is 29.2 Å². The van der Waals surface area contributed by atoms with Crippen molar-refractivity contribution in [2.24, 2.45) is 0 Å². The minimum atomic E-state index is -0.180. The molecule has 0 spiro atoms. The zero-order chi connectivity index (χ0) is 24.2. The maximum absolute atomic E-state index is 13.5. The van der Waals surface area contributed by atoms with Crippen LogP contribution >= 0.6 is 11.3 Å². The Morgan fingerprint density at radius 2 is 1.65 bits per heavy atom. The monoisotopic (exact) mass is 476 g/mol. The van der Waals surface area contributed by atoms with E-state index in [2.05, 4.69) is 13.0 Å². The van der Waals surface area contributed by atoms with Crippen LogP contribution in [0, 0.1) is 6.92 Å². The first-order chi connectivity index (χ1) is 16.6. The highest BCUT2D eigenvalue weighted by Gasteiger charge is 2.21. The lowest BCUT2D eigenvalue weighted by molar-refractivity contribution is -0.139. The van der Waals surface area contributed by atoms with Crippen LogP contribution in [-0.2, 0) is 27.4 Å². The van der Waals surface area contributed by atoms with Crippen LogP contribution in [0.25, 0.3) is 6.08 Å². The molecule has 0 fully saturated rings. The minimum absolute atomic E-state index is 0.0267. The zero-order valence-corrected chi connectivity index (χ0v) is 20.7. The summed E-state index contributed by atoms with van der Waals surface area (Å²) in [5, 5.41) is 2.05. The van der Waals surface area contributed by atoms with E-state index in [9.17, 15) is 9.59 Å². The molecular weight excluding hydrogens is 444 g/mol. The highest BCUT2D eigenvalue weighted by atomic mass is 32.1. The Hall–Kier alpha value is -3.22. The number of benzene rings is 2. The molecule has 5 nitrogen and oxygen atoms in total. The van der Waals surface area contributed by atoms with Gasteiger partial charge in [0.05, 0.1) is 6.54 Å². The lowest BCUT2D eigenvalue weighted by atomic mass is 10.2. The van der Waals surface area contributed by atoms with E-state index in [1.807, 2.05) is 70.9 Å². The first-order valence-corrected chi connectivity index (χ1v) is 12.3. The summed E-state index contributed by atoms with van der Waals surface area (Å²) in [7, 11) is 1.64. The van der Waals surface area contributed by atoms with Crippen molar-refractivity contribution in [3.05, 3.63) is 99.8 Å². The summed E-state index contributed by atoms with van der Waals surface area (Å²) in [6, 6.07) is 21.7. The summed E-state index contributed by atoms with van der Waals surface area (Å²) in [5.74, 6) is -0.254. The predicted octanol–water partition coefficient (Wildman–Crippen LogP) is 5.16. The van der Waals surface area contributed by atoms with E-state index < -0.39 is 0 Å². The van der Waals surface area contributed by atoms with E-state index in [1.54, 1.807) is 35.5 Å². The smallest absolute Gasteiger partial charge is 0.247 e. The Labute approximate surface area is 206 Å². The van der Waals surface area contributed by atoms with Crippen molar-refractivity contribution < 1.29 is 14.3 Å².